The molecule has 1 N–H and O–H groups in total. The normalized spacial score (nSPS) is 26.6. The van der Waals surface area contributed by atoms with Crippen LogP contribution in [0.4, 0.5) is 0 Å². The van der Waals surface area contributed by atoms with Gasteiger partial charge in [-0.1, -0.05) is 24.3 Å². The minimum absolute atomic E-state index is 0.166. The zero-order chi connectivity index (χ0) is 17.9. The first-order chi connectivity index (χ1) is 12.7. The van der Waals surface area contributed by atoms with Crippen LogP contribution in [0.2, 0.25) is 0 Å². The van der Waals surface area contributed by atoms with E-state index in [1.165, 1.54) is 5.56 Å². The molecule has 26 heavy (non-hydrogen) atoms. The number of hydrogen-bond donors (Lipinski definition) is 1. The highest BCUT2D eigenvalue weighted by Crippen LogP contribution is 2.28. The van der Waals surface area contributed by atoms with Gasteiger partial charge in [0.05, 0.1) is 11.8 Å². The average molecular weight is 353 g/mol. The average Bonchev–Trinajstić information content (AvgIpc) is 3.01. The maximum atomic E-state index is 9.96. The Bertz CT molecular complexity index is 724. The Hall–Kier alpha value is -1.95. The van der Waals surface area contributed by atoms with Crippen LogP contribution in [-0.2, 0) is 13.2 Å². The molecule has 0 saturated carbocycles. The highest BCUT2D eigenvalue weighted by atomic mass is 16.5. The SMILES string of the molecule is C[C@@H]1CN2C[C@H](O)C[C@@H]2CN1Cc1ccccc1OCc1ccccn1. The molecule has 2 aliphatic heterocycles. The van der Waals surface area contributed by atoms with E-state index in [-0.39, 0.29) is 6.10 Å². The summed E-state index contributed by atoms with van der Waals surface area (Å²) in [5.74, 6) is 0.930. The van der Waals surface area contributed by atoms with Crippen LogP contribution in [0.25, 0.3) is 0 Å². The summed E-state index contributed by atoms with van der Waals surface area (Å²) in [5.41, 5.74) is 2.14. The molecule has 0 radical (unpaired) electrons. The molecule has 2 saturated heterocycles. The molecule has 5 nitrogen and oxygen atoms in total. The van der Waals surface area contributed by atoms with E-state index in [0.29, 0.717) is 18.7 Å². The Kier molecular flexibility index (Phi) is 5.20. The maximum Gasteiger partial charge on any atom is 0.130 e. The van der Waals surface area contributed by atoms with E-state index >= 15 is 0 Å². The van der Waals surface area contributed by atoms with E-state index in [1.807, 2.05) is 30.3 Å². The summed E-state index contributed by atoms with van der Waals surface area (Å²) in [6.07, 6.45) is 2.52. The molecule has 3 heterocycles. The lowest BCUT2D eigenvalue weighted by Gasteiger charge is -2.42. The molecule has 2 fully saturated rings. The third-order valence-corrected chi connectivity index (χ3v) is 5.52. The number of benzene rings is 1. The molecule has 1 aromatic carbocycles. The van der Waals surface area contributed by atoms with Gasteiger partial charge in [0.1, 0.15) is 12.4 Å². The van der Waals surface area contributed by atoms with Crippen molar-refractivity contribution in [2.75, 3.05) is 19.6 Å². The van der Waals surface area contributed by atoms with Gasteiger partial charge in [-0.15, -0.1) is 0 Å². The van der Waals surface area contributed by atoms with Gasteiger partial charge in [-0.3, -0.25) is 14.8 Å². The van der Waals surface area contributed by atoms with Gasteiger partial charge >= 0.3 is 0 Å². The summed E-state index contributed by atoms with van der Waals surface area (Å²) in [5, 5.41) is 9.96. The van der Waals surface area contributed by atoms with Crippen molar-refractivity contribution >= 4 is 0 Å². The fraction of sp³-hybridized carbons (Fsp3) is 0.476. The van der Waals surface area contributed by atoms with Crippen LogP contribution in [0.15, 0.2) is 48.7 Å². The first-order valence-corrected chi connectivity index (χ1v) is 9.46. The summed E-state index contributed by atoms with van der Waals surface area (Å²) >= 11 is 0. The van der Waals surface area contributed by atoms with Crippen molar-refractivity contribution in [2.45, 2.75) is 44.7 Å². The number of pyridine rings is 1. The minimum atomic E-state index is -0.166. The number of rotatable bonds is 5. The Balaban J connectivity index is 1.43. The predicted octanol–water partition coefficient (Wildman–Crippen LogP) is 2.30. The van der Waals surface area contributed by atoms with Crippen LogP contribution in [0.1, 0.15) is 24.6 Å². The topological polar surface area (TPSA) is 48.8 Å². The zero-order valence-electron chi connectivity index (χ0n) is 15.3. The molecule has 0 amide bonds. The third-order valence-electron chi connectivity index (χ3n) is 5.52. The monoisotopic (exact) mass is 353 g/mol. The van der Waals surface area contributed by atoms with Crippen molar-refractivity contribution in [3.05, 3.63) is 59.9 Å². The second-order valence-electron chi connectivity index (χ2n) is 7.49. The van der Waals surface area contributed by atoms with Crippen molar-refractivity contribution in [2.24, 2.45) is 0 Å². The molecule has 0 spiro atoms. The standard InChI is InChI=1S/C21H27N3O2/c1-16-11-24-14-20(25)10-19(24)13-23(16)12-17-6-2-3-8-21(17)26-15-18-7-4-5-9-22-18/h2-9,16,19-20,25H,10-15H2,1H3/t16-,19-,20-/m1/s1. The van der Waals surface area contributed by atoms with Gasteiger partial charge in [-0.2, -0.15) is 0 Å². The van der Waals surface area contributed by atoms with Gasteiger partial charge in [-0.05, 0) is 31.5 Å². The minimum Gasteiger partial charge on any atom is -0.487 e. The lowest BCUT2D eigenvalue weighted by atomic mass is 10.1. The number of hydrogen-bond acceptors (Lipinski definition) is 5. The lowest BCUT2D eigenvalue weighted by Crippen LogP contribution is -2.54. The molecule has 0 unspecified atom stereocenters. The van der Waals surface area contributed by atoms with Crippen LogP contribution < -0.4 is 4.74 Å². The summed E-state index contributed by atoms with van der Waals surface area (Å²) in [6.45, 7) is 6.49. The molecule has 2 aromatic rings. The van der Waals surface area contributed by atoms with E-state index in [2.05, 4.69) is 33.8 Å². The zero-order valence-corrected chi connectivity index (χ0v) is 15.3. The predicted molar refractivity (Wildman–Crippen MR) is 101 cm³/mol. The first kappa shape index (κ1) is 17.5. The number of aromatic nitrogens is 1. The van der Waals surface area contributed by atoms with Gasteiger partial charge in [0, 0.05) is 50.0 Å². The largest absolute Gasteiger partial charge is 0.487 e. The van der Waals surface area contributed by atoms with Crippen molar-refractivity contribution in [1.29, 1.82) is 0 Å². The van der Waals surface area contributed by atoms with Gasteiger partial charge in [-0.25, -0.2) is 0 Å². The van der Waals surface area contributed by atoms with Crippen LogP contribution >= 0.6 is 0 Å². The lowest BCUT2D eigenvalue weighted by molar-refractivity contribution is 0.0521. The van der Waals surface area contributed by atoms with Crippen LogP contribution in [0.3, 0.4) is 0 Å². The number of para-hydroxylation sites is 1. The molecule has 3 atom stereocenters. The maximum absolute atomic E-state index is 9.96. The fourth-order valence-electron chi connectivity index (χ4n) is 4.13. The molecule has 2 aliphatic rings. The molecule has 0 aliphatic carbocycles. The molecule has 4 rings (SSSR count). The third kappa shape index (κ3) is 3.90. The van der Waals surface area contributed by atoms with Gasteiger partial charge in [0.2, 0.25) is 0 Å². The van der Waals surface area contributed by atoms with Crippen LogP contribution in [-0.4, -0.2) is 57.7 Å². The van der Waals surface area contributed by atoms with Gasteiger partial charge in [0.25, 0.3) is 0 Å². The number of aliphatic hydroxyl groups is 1. The Morgan fingerprint density at radius 1 is 1.12 bits per heavy atom. The van der Waals surface area contributed by atoms with Gasteiger partial charge < -0.3 is 9.84 Å². The van der Waals surface area contributed by atoms with Gasteiger partial charge in [0.15, 0.2) is 0 Å². The van der Waals surface area contributed by atoms with E-state index in [9.17, 15) is 5.11 Å². The summed E-state index contributed by atoms with van der Waals surface area (Å²) in [4.78, 5) is 9.29. The number of nitrogens with zero attached hydrogens (tertiary/aromatic N) is 3. The molecule has 1 aromatic heterocycles. The smallest absolute Gasteiger partial charge is 0.130 e. The second kappa shape index (κ2) is 7.74. The summed E-state index contributed by atoms with van der Waals surface area (Å²) in [6, 6.07) is 15.1. The Labute approximate surface area is 155 Å². The van der Waals surface area contributed by atoms with E-state index in [1.54, 1.807) is 6.20 Å². The van der Waals surface area contributed by atoms with Crippen molar-refractivity contribution < 1.29 is 9.84 Å². The van der Waals surface area contributed by atoms with E-state index in [0.717, 1.165) is 44.0 Å². The highest BCUT2D eigenvalue weighted by molar-refractivity contribution is 5.33. The summed E-state index contributed by atoms with van der Waals surface area (Å²) < 4.78 is 6.06. The molecule has 0 bridgehead atoms. The number of piperazine rings is 1. The molecular formula is C21H27N3O2. The fourth-order valence-corrected chi connectivity index (χ4v) is 4.13. The van der Waals surface area contributed by atoms with Crippen molar-refractivity contribution in [3.8, 4) is 5.75 Å². The van der Waals surface area contributed by atoms with Crippen LogP contribution in [0.5, 0.6) is 5.75 Å². The number of ether oxygens (including phenoxy) is 1. The molecule has 138 valence electrons. The van der Waals surface area contributed by atoms with Crippen molar-refractivity contribution in [1.82, 2.24) is 14.8 Å². The molecular weight excluding hydrogens is 326 g/mol. The second-order valence-corrected chi connectivity index (χ2v) is 7.49. The molecule has 5 heteroatoms. The first-order valence-electron chi connectivity index (χ1n) is 9.46. The highest BCUT2D eigenvalue weighted by Gasteiger charge is 2.38. The number of aliphatic hydroxyl groups excluding tert-OH is 1. The summed E-state index contributed by atoms with van der Waals surface area (Å²) in [7, 11) is 0. The number of fused-ring (bicyclic) bond motifs is 1. The van der Waals surface area contributed by atoms with Crippen molar-refractivity contribution in [3.63, 3.8) is 0 Å². The quantitative estimate of drug-likeness (QED) is 0.894. The van der Waals surface area contributed by atoms with Crippen LogP contribution in [0, 0.1) is 0 Å². The van der Waals surface area contributed by atoms with E-state index < -0.39 is 0 Å². The van der Waals surface area contributed by atoms with E-state index in [4.69, 9.17) is 4.74 Å². The Morgan fingerprint density at radius 2 is 1.96 bits per heavy atom. The Morgan fingerprint density at radius 3 is 2.81 bits per heavy atom.